The second-order valence-electron chi connectivity index (χ2n) is 5.20. The van der Waals surface area contributed by atoms with Gasteiger partial charge in [0.15, 0.2) is 0 Å². The van der Waals surface area contributed by atoms with Gasteiger partial charge in [-0.3, -0.25) is 9.59 Å². The largest absolute Gasteiger partial charge is 0.350 e. The number of likely N-dealkylation sites (N-methyl/N-ethyl adjacent to an activating group) is 1. The first-order valence-electron chi connectivity index (χ1n) is 6.73. The average molecular weight is 263 g/mol. The summed E-state index contributed by atoms with van der Waals surface area (Å²) in [4.78, 5) is 25.7. The van der Waals surface area contributed by atoms with Crippen molar-refractivity contribution in [2.45, 2.75) is 25.3 Å². The van der Waals surface area contributed by atoms with E-state index in [9.17, 15) is 9.59 Å². The van der Waals surface area contributed by atoms with Gasteiger partial charge in [-0.1, -0.05) is 6.42 Å². The number of aryl methyl sites for hydroxylation is 1. The van der Waals surface area contributed by atoms with Crippen LogP contribution in [0.5, 0.6) is 0 Å². The van der Waals surface area contributed by atoms with Gasteiger partial charge in [0.2, 0.25) is 0 Å². The molecular weight excluding hydrogens is 242 g/mol. The van der Waals surface area contributed by atoms with Gasteiger partial charge < -0.3 is 14.8 Å². The predicted molar refractivity (Wildman–Crippen MR) is 74.3 cm³/mol. The third-order valence-electron chi connectivity index (χ3n) is 3.79. The molecule has 1 aromatic rings. The van der Waals surface area contributed by atoms with E-state index in [1.807, 2.05) is 0 Å². The topological polar surface area (TPSA) is 54.3 Å². The summed E-state index contributed by atoms with van der Waals surface area (Å²) in [6.07, 6.45) is 5.18. The molecule has 1 amide bonds. The van der Waals surface area contributed by atoms with Crippen LogP contribution >= 0.6 is 0 Å². The standard InChI is InChI=1S/C14H21N3O2/c1-16-7-4-3-5-12(16)10-15-14(19)11-6-8-17(2)13(18)9-11/h6,8-9,12H,3-5,7,10H2,1-2H3,(H,15,19). The molecule has 1 aliphatic rings. The first-order chi connectivity index (χ1) is 9.08. The van der Waals surface area contributed by atoms with E-state index in [4.69, 9.17) is 0 Å². The van der Waals surface area contributed by atoms with Crippen LogP contribution in [0.15, 0.2) is 23.1 Å². The Labute approximate surface area is 113 Å². The Balaban J connectivity index is 1.93. The van der Waals surface area contributed by atoms with E-state index < -0.39 is 0 Å². The molecule has 1 saturated heterocycles. The minimum atomic E-state index is -0.170. The smallest absolute Gasteiger partial charge is 0.251 e. The minimum absolute atomic E-state index is 0.164. The van der Waals surface area contributed by atoms with Gasteiger partial charge in [0.05, 0.1) is 0 Å². The Morgan fingerprint density at radius 3 is 2.89 bits per heavy atom. The number of pyridine rings is 1. The molecular formula is C14H21N3O2. The van der Waals surface area contributed by atoms with Crippen LogP contribution in [0.2, 0.25) is 0 Å². The zero-order chi connectivity index (χ0) is 13.8. The number of nitrogens with zero attached hydrogens (tertiary/aromatic N) is 2. The van der Waals surface area contributed by atoms with Crippen molar-refractivity contribution in [1.29, 1.82) is 0 Å². The number of rotatable bonds is 3. The number of hydrogen-bond donors (Lipinski definition) is 1. The van der Waals surface area contributed by atoms with Crippen molar-refractivity contribution >= 4 is 5.91 Å². The second kappa shape index (κ2) is 6.02. The normalized spacial score (nSPS) is 20.2. The summed E-state index contributed by atoms with van der Waals surface area (Å²) in [6, 6.07) is 3.45. The molecule has 5 nitrogen and oxygen atoms in total. The van der Waals surface area contributed by atoms with Gasteiger partial charge in [-0.15, -0.1) is 0 Å². The van der Waals surface area contributed by atoms with Crippen molar-refractivity contribution in [1.82, 2.24) is 14.8 Å². The lowest BCUT2D eigenvalue weighted by atomic mass is 10.0. The second-order valence-corrected chi connectivity index (χ2v) is 5.20. The van der Waals surface area contributed by atoms with Crippen LogP contribution in [-0.2, 0) is 7.05 Å². The summed E-state index contributed by atoms with van der Waals surface area (Å²) >= 11 is 0. The molecule has 1 aromatic heterocycles. The molecule has 0 aromatic carbocycles. The van der Waals surface area contributed by atoms with E-state index >= 15 is 0 Å². The molecule has 2 rings (SSSR count). The fraction of sp³-hybridized carbons (Fsp3) is 0.571. The zero-order valence-electron chi connectivity index (χ0n) is 11.6. The van der Waals surface area contributed by atoms with Gasteiger partial charge in [0.1, 0.15) is 0 Å². The predicted octanol–water partition coefficient (Wildman–Crippen LogP) is 0.599. The summed E-state index contributed by atoms with van der Waals surface area (Å²) in [5.41, 5.74) is 0.268. The highest BCUT2D eigenvalue weighted by molar-refractivity contribution is 5.93. The van der Waals surface area contributed by atoms with Crippen molar-refractivity contribution < 1.29 is 4.79 Å². The molecule has 1 atom stereocenters. The summed E-state index contributed by atoms with van der Waals surface area (Å²) in [6.45, 7) is 1.73. The highest BCUT2D eigenvalue weighted by atomic mass is 16.2. The fourth-order valence-electron chi connectivity index (χ4n) is 2.40. The molecule has 1 unspecified atom stereocenters. The Kier molecular flexibility index (Phi) is 4.37. The first-order valence-corrected chi connectivity index (χ1v) is 6.73. The van der Waals surface area contributed by atoms with Gasteiger partial charge in [0.25, 0.3) is 11.5 Å². The number of aromatic nitrogens is 1. The average Bonchev–Trinajstić information content (AvgIpc) is 2.40. The number of hydrogen-bond acceptors (Lipinski definition) is 3. The molecule has 0 bridgehead atoms. The van der Waals surface area contributed by atoms with E-state index in [1.165, 1.54) is 23.5 Å². The number of carbonyl (C=O) groups is 1. The molecule has 19 heavy (non-hydrogen) atoms. The van der Waals surface area contributed by atoms with Crippen molar-refractivity contribution in [3.05, 3.63) is 34.2 Å². The van der Waals surface area contributed by atoms with Crippen LogP contribution in [-0.4, -0.2) is 41.6 Å². The Morgan fingerprint density at radius 2 is 2.21 bits per heavy atom. The Hall–Kier alpha value is -1.62. The molecule has 104 valence electrons. The van der Waals surface area contributed by atoms with Gasteiger partial charge in [0, 0.05) is 37.5 Å². The van der Waals surface area contributed by atoms with Crippen LogP contribution < -0.4 is 10.9 Å². The summed E-state index contributed by atoms with van der Waals surface area (Å²) in [7, 11) is 3.76. The number of amides is 1. The molecule has 0 saturated carbocycles. The van der Waals surface area contributed by atoms with Gasteiger partial charge in [-0.25, -0.2) is 0 Å². The number of likely N-dealkylation sites (tertiary alicyclic amines) is 1. The van der Waals surface area contributed by atoms with E-state index in [1.54, 1.807) is 19.3 Å². The molecule has 2 heterocycles. The van der Waals surface area contributed by atoms with Crippen LogP contribution in [0, 0.1) is 0 Å². The van der Waals surface area contributed by atoms with Gasteiger partial charge in [-0.2, -0.15) is 0 Å². The van der Waals surface area contributed by atoms with E-state index in [0.717, 1.165) is 13.0 Å². The van der Waals surface area contributed by atoms with Crippen molar-refractivity contribution in [2.75, 3.05) is 20.1 Å². The lowest BCUT2D eigenvalue weighted by Crippen LogP contribution is -2.44. The van der Waals surface area contributed by atoms with Crippen LogP contribution in [0.25, 0.3) is 0 Å². The molecule has 0 spiro atoms. The summed E-state index contributed by atoms with van der Waals surface area (Å²) < 4.78 is 1.45. The lowest BCUT2D eigenvalue weighted by molar-refractivity contribution is 0.0928. The van der Waals surface area contributed by atoms with E-state index in [0.29, 0.717) is 18.2 Å². The zero-order valence-corrected chi connectivity index (χ0v) is 11.6. The van der Waals surface area contributed by atoms with Crippen LogP contribution in [0.4, 0.5) is 0 Å². The van der Waals surface area contributed by atoms with Gasteiger partial charge >= 0.3 is 0 Å². The van der Waals surface area contributed by atoms with Crippen molar-refractivity contribution in [3.8, 4) is 0 Å². The van der Waals surface area contributed by atoms with Gasteiger partial charge in [-0.05, 0) is 32.5 Å². The first kappa shape index (κ1) is 13.8. The maximum atomic E-state index is 12.0. The highest BCUT2D eigenvalue weighted by Gasteiger charge is 2.19. The monoisotopic (exact) mass is 263 g/mol. The number of piperidine rings is 1. The fourth-order valence-corrected chi connectivity index (χ4v) is 2.40. The lowest BCUT2D eigenvalue weighted by Gasteiger charge is -2.32. The Bertz CT molecular complexity index is 510. The highest BCUT2D eigenvalue weighted by Crippen LogP contribution is 2.14. The molecule has 5 heteroatoms. The number of nitrogens with one attached hydrogen (secondary N) is 1. The molecule has 1 fully saturated rings. The molecule has 1 aliphatic heterocycles. The minimum Gasteiger partial charge on any atom is -0.350 e. The number of carbonyl (C=O) groups excluding carboxylic acids is 1. The van der Waals surface area contributed by atoms with Crippen molar-refractivity contribution in [2.24, 2.45) is 7.05 Å². The third kappa shape index (κ3) is 3.44. The SMILES string of the molecule is CN1CCCCC1CNC(=O)c1ccn(C)c(=O)c1. The van der Waals surface area contributed by atoms with Crippen LogP contribution in [0.3, 0.4) is 0 Å². The maximum Gasteiger partial charge on any atom is 0.251 e. The third-order valence-corrected chi connectivity index (χ3v) is 3.79. The van der Waals surface area contributed by atoms with E-state index in [-0.39, 0.29) is 11.5 Å². The van der Waals surface area contributed by atoms with E-state index in [2.05, 4.69) is 17.3 Å². The summed E-state index contributed by atoms with van der Waals surface area (Å²) in [5.74, 6) is -0.170. The Morgan fingerprint density at radius 1 is 1.42 bits per heavy atom. The quantitative estimate of drug-likeness (QED) is 0.869. The maximum absolute atomic E-state index is 12.0. The molecule has 0 aliphatic carbocycles. The van der Waals surface area contributed by atoms with Crippen LogP contribution in [0.1, 0.15) is 29.6 Å². The summed E-state index contributed by atoms with van der Waals surface area (Å²) in [5, 5.41) is 2.92. The van der Waals surface area contributed by atoms with Crippen molar-refractivity contribution in [3.63, 3.8) is 0 Å². The molecule has 1 N–H and O–H groups in total. The molecule has 0 radical (unpaired) electrons.